The Morgan fingerprint density at radius 2 is 1.91 bits per heavy atom. The Kier molecular flexibility index (Phi) is 6.50. The number of halogens is 3. The number of thioether (sulfide) groups is 1. The number of para-hydroxylation sites is 1. The molecule has 0 saturated carbocycles. The summed E-state index contributed by atoms with van der Waals surface area (Å²) >= 11 is 1.16. The molecule has 0 bridgehead atoms. The van der Waals surface area contributed by atoms with Crippen molar-refractivity contribution < 1.29 is 22.7 Å². The molecule has 0 fully saturated rings. The number of nitrogens with zero attached hydrogens (tertiary/aromatic N) is 3. The lowest BCUT2D eigenvalue weighted by Crippen LogP contribution is -2.41. The van der Waals surface area contributed by atoms with Crippen molar-refractivity contribution in [2.75, 3.05) is 17.9 Å². The number of fused-ring (bicyclic) bond motifs is 1. The van der Waals surface area contributed by atoms with E-state index in [1.54, 1.807) is 23.9 Å². The number of nitrogens with one attached hydrogen (secondary N) is 2. The predicted molar refractivity (Wildman–Crippen MR) is 119 cm³/mol. The molecule has 2 N–H and O–H groups in total. The van der Waals surface area contributed by atoms with Crippen LogP contribution >= 0.6 is 11.8 Å². The first-order chi connectivity index (χ1) is 15.8. The number of amides is 1. The van der Waals surface area contributed by atoms with Gasteiger partial charge in [-0.1, -0.05) is 43.0 Å². The molecule has 1 aliphatic rings. The van der Waals surface area contributed by atoms with Crippen LogP contribution in [0.5, 0.6) is 5.75 Å². The highest BCUT2D eigenvalue weighted by Crippen LogP contribution is 2.39. The average molecular weight is 478 g/mol. The number of aryl methyl sites for hydroxylation is 1. The molecule has 2 heterocycles. The molecule has 1 amide bonds. The van der Waals surface area contributed by atoms with Gasteiger partial charge in [0.15, 0.2) is 5.82 Å². The summed E-state index contributed by atoms with van der Waals surface area (Å²) in [6, 6.07) is 11.5. The Labute approximate surface area is 192 Å². The van der Waals surface area contributed by atoms with Gasteiger partial charge in [0.05, 0.1) is 24.4 Å². The van der Waals surface area contributed by atoms with Crippen LogP contribution in [0.4, 0.5) is 18.9 Å². The van der Waals surface area contributed by atoms with E-state index in [1.807, 2.05) is 19.1 Å². The zero-order chi connectivity index (χ0) is 23.6. The number of ether oxygens (including phenoxy) is 1. The van der Waals surface area contributed by atoms with Gasteiger partial charge in [0.2, 0.25) is 11.1 Å². The lowest BCUT2D eigenvalue weighted by atomic mass is 10.0. The molecule has 33 heavy (non-hydrogen) atoms. The van der Waals surface area contributed by atoms with E-state index in [1.165, 1.54) is 18.2 Å². The number of carbonyl (C=O) groups excluding carboxylic acids is 1. The molecule has 1 aliphatic heterocycles. The molecular weight excluding hydrogens is 455 g/mol. The molecule has 0 aliphatic carbocycles. The molecule has 0 spiro atoms. The third-order valence-corrected chi connectivity index (χ3v) is 6.42. The fraction of sp³-hybridized carbons (Fsp3) is 0.318. The monoisotopic (exact) mass is 477 g/mol. The predicted octanol–water partition coefficient (Wildman–Crippen LogP) is 4.66. The Balaban J connectivity index is 1.68. The number of rotatable bonds is 6. The van der Waals surface area contributed by atoms with E-state index in [-0.39, 0.29) is 5.69 Å². The van der Waals surface area contributed by atoms with E-state index in [0.29, 0.717) is 17.3 Å². The summed E-state index contributed by atoms with van der Waals surface area (Å²) < 4.78 is 47.2. The number of carbonyl (C=O) groups is 1. The number of aromatic nitrogens is 3. The minimum Gasteiger partial charge on any atom is -0.497 e. The third-order valence-electron chi connectivity index (χ3n) is 5.20. The highest BCUT2D eigenvalue weighted by Gasteiger charge is 2.39. The normalized spacial score (nSPS) is 17.7. The zero-order valence-electron chi connectivity index (χ0n) is 17.9. The first-order valence-corrected chi connectivity index (χ1v) is 11.2. The van der Waals surface area contributed by atoms with E-state index in [0.717, 1.165) is 35.6 Å². The van der Waals surface area contributed by atoms with E-state index >= 15 is 0 Å². The molecule has 11 heteroatoms. The fourth-order valence-electron chi connectivity index (χ4n) is 3.59. The lowest BCUT2D eigenvalue weighted by molar-refractivity contribution is -0.137. The van der Waals surface area contributed by atoms with Gasteiger partial charge in [0.25, 0.3) is 0 Å². The second-order valence-corrected chi connectivity index (χ2v) is 8.54. The van der Waals surface area contributed by atoms with Gasteiger partial charge >= 0.3 is 6.18 Å². The van der Waals surface area contributed by atoms with Crippen LogP contribution in [-0.2, 0) is 17.4 Å². The topological polar surface area (TPSA) is 81.1 Å². The summed E-state index contributed by atoms with van der Waals surface area (Å²) in [5, 5.41) is 10.5. The minimum absolute atomic E-state index is 0.289. The third kappa shape index (κ3) is 4.77. The van der Waals surface area contributed by atoms with Crippen molar-refractivity contribution in [3.05, 3.63) is 65.5 Å². The first kappa shape index (κ1) is 23.0. The number of anilines is 1. The minimum atomic E-state index is -4.59. The largest absolute Gasteiger partial charge is 0.497 e. The van der Waals surface area contributed by atoms with E-state index in [9.17, 15) is 18.0 Å². The van der Waals surface area contributed by atoms with Gasteiger partial charge < -0.3 is 15.5 Å². The van der Waals surface area contributed by atoms with Crippen molar-refractivity contribution in [2.24, 2.45) is 0 Å². The van der Waals surface area contributed by atoms with Crippen LogP contribution in [0.15, 0.2) is 53.7 Å². The maximum absolute atomic E-state index is 13.4. The van der Waals surface area contributed by atoms with Gasteiger partial charge in [-0.3, -0.25) is 4.79 Å². The van der Waals surface area contributed by atoms with E-state index in [2.05, 4.69) is 20.9 Å². The molecule has 2 atom stereocenters. The Hall–Kier alpha value is -3.21. The lowest BCUT2D eigenvalue weighted by Gasteiger charge is -2.33. The number of benzene rings is 2. The SMILES string of the molecule is CCCc1nnc2n1N[C@H](c1ccc(OC)cc1)[C@@H](C(=O)Nc1ccccc1C(F)(F)F)S2. The van der Waals surface area contributed by atoms with Gasteiger partial charge in [-0.25, -0.2) is 4.68 Å². The van der Waals surface area contributed by atoms with E-state index < -0.39 is 28.9 Å². The highest BCUT2D eigenvalue weighted by atomic mass is 32.2. The zero-order valence-corrected chi connectivity index (χ0v) is 18.7. The number of hydrogen-bond acceptors (Lipinski definition) is 6. The molecule has 1 aromatic heterocycles. The summed E-state index contributed by atoms with van der Waals surface area (Å²) in [7, 11) is 1.55. The summed E-state index contributed by atoms with van der Waals surface area (Å²) in [6.45, 7) is 2.02. The van der Waals surface area contributed by atoms with Crippen LogP contribution in [0.3, 0.4) is 0 Å². The van der Waals surface area contributed by atoms with Crippen molar-refractivity contribution in [1.82, 2.24) is 14.9 Å². The second-order valence-electron chi connectivity index (χ2n) is 7.44. The molecule has 7 nitrogen and oxygen atoms in total. The van der Waals surface area contributed by atoms with Gasteiger partial charge in [-0.15, -0.1) is 10.2 Å². The van der Waals surface area contributed by atoms with Crippen molar-refractivity contribution in [3.63, 3.8) is 0 Å². The molecule has 174 valence electrons. The first-order valence-electron chi connectivity index (χ1n) is 10.3. The van der Waals surface area contributed by atoms with Crippen molar-refractivity contribution in [3.8, 4) is 5.75 Å². The molecule has 2 aromatic carbocycles. The summed E-state index contributed by atoms with van der Waals surface area (Å²) in [5.74, 6) is 0.801. The Bertz CT molecular complexity index is 1130. The highest BCUT2D eigenvalue weighted by molar-refractivity contribution is 8.00. The van der Waals surface area contributed by atoms with Crippen LogP contribution < -0.4 is 15.5 Å². The van der Waals surface area contributed by atoms with Crippen molar-refractivity contribution in [1.29, 1.82) is 0 Å². The van der Waals surface area contributed by atoms with Gasteiger partial charge in [0, 0.05) is 6.42 Å². The number of alkyl halides is 3. The van der Waals surface area contributed by atoms with Crippen molar-refractivity contribution in [2.45, 2.75) is 42.4 Å². The van der Waals surface area contributed by atoms with Crippen LogP contribution in [-0.4, -0.2) is 33.1 Å². The molecule has 0 saturated heterocycles. The van der Waals surface area contributed by atoms with Gasteiger partial charge in [-0.05, 0) is 36.2 Å². The van der Waals surface area contributed by atoms with Crippen LogP contribution in [0.25, 0.3) is 0 Å². The average Bonchev–Trinajstić information content (AvgIpc) is 3.20. The van der Waals surface area contributed by atoms with Crippen LogP contribution in [0.1, 0.15) is 36.3 Å². The summed E-state index contributed by atoms with van der Waals surface area (Å²) in [6.07, 6.45) is -3.05. The smallest absolute Gasteiger partial charge is 0.418 e. The summed E-state index contributed by atoms with van der Waals surface area (Å²) in [5.41, 5.74) is 2.87. The van der Waals surface area contributed by atoms with E-state index in [4.69, 9.17) is 4.74 Å². The second kappa shape index (κ2) is 9.34. The van der Waals surface area contributed by atoms with Gasteiger partial charge in [0.1, 0.15) is 11.0 Å². The quantitative estimate of drug-likeness (QED) is 0.538. The van der Waals surface area contributed by atoms with Crippen LogP contribution in [0, 0.1) is 0 Å². The number of hydrogen-bond donors (Lipinski definition) is 2. The Morgan fingerprint density at radius 1 is 1.18 bits per heavy atom. The fourth-order valence-corrected chi connectivity index (χ4v) is 4.69. The molecule has 0 unspecified atom stereocenters. The van der Waals surface area contributed by atoms with Crippen LogP contribution in [0.2, 0.25) is 0 Å². The molecular formula is C22H22F3N5O2S. The van der Waals surface area contributed by atoms with Crippen molar-refractivity contribution >= 4 is 23.4 Å². The number of methoxy groups -OCH3 is 1. The maximum Gasteiger partial charge on any atom is 0.418 e. The maximum atomic E-state index is 13.4. The standard InChI is InChI=1S/C22H22F3N5O2S/c1-3-6-17-27-28-21-30(17)29-18(13-9-11-14(32-2)12-10-13)19(33-21)20(31)26-16-8-5-4-7-15(16)22(23,24)25/h4-5,7-12,18-19,29H,3,6H2,1-2H3,(H,26,31)/t18-,19+/m1/s1. The molecule has 3 aromatic rings. The summed E-state index contributed by atoms with van der Waals surface area (Å²) in [4.78, 5) is 13.3. The van der Waals surface area contributed by atoms with Gasteiger partial charge in [-0.2, -0.15) is 13.2 Å². The molecule has 4 rings (SSSR count). The Morgan fingerprint density at radius 3 is 2.58 bits per heavy atom. The molecule has 0 radical (unpaired) electrons.